The fraction of sp³-hybridized carbons (Fsp3) is 0.654. The van der Waals surface area contributed by atoms with Crippen molar-refractivity contribution in [3.8, 4) is 17.1 Å². The topological polar surface area (TPSA) is 81.5 Å². The van der Waals surface area contributed by atoms with Gasteiger partial charge in [0, 0.05) is 49.4 Å². The monoisotopic (exact) mass is 465 g/mol. The van der Waals surface area contributed by atoms with E-state index in [1.54, 1.807) is 0 Å². The number of carbonyl (C=O) groups is 1. The summed E-state index contributed by atoms with van der Waals surface area (Å²) in [6.07, 6.45) is 9.76. The largest absolute Gasteiger partial charge is 0.480 e. The van der Waals surface area contributed by atoms with Crippen LogP contribution in [0.25, 0.3) is 11.4 Å². The molecule has 6 rings (SSSR count). The van der Waals surface area contributed by atoms with Gasteiger partial charge in [0.05, 0.1) is 12.6 Å². The Morgan fingerprint density at radius 3 is 2.76 bits per heavy atom. The number of carbonyl (C=O) groups excluding carboxylic acids is 1. The number of piperidine rings is 2. The molecule has 2 aromatic heterocycles. The van der Waals surface area contributed by atoms with Gasteiger partial charge >= 0.3 is 6.09 Å². The smallest absolute Gasteiger partial charge is 0.409 e. The lowest BCUT2D eigenvalue weighted by molar-refractivity contribution is -0.00641. The fourth-order valence-corrected chi connectivity index (χ4v) is 5.70. The van der Waals surface area contributed by atoms with E-state index in [2.05, 4.69) is 36.1 Å². The molecule has 1 atom stereocenters. The second-order valence-electron chi connectivity index (χ2n) is 11.3. The normalized spacial score (nSPS) is 24.8. The summed E-state index contributed by atoms with van der Waals surface area (Å²) in [6, 6.07) is 2.40. The van der Waals surface area contributed by atoms with Crippen LogP contribution in [0.5, 0.6) is 5.75 Å². The molecule has 8 nitrogen and oxygen atoms in total. The van der Waals surface area contributed by atoms with E-state index in [4.69, 9.17) is 19.6 Å². The van der Waals surface area contributed by atoms with Crippen molar-refractivity contribution in [1.29, 1.82) is 0 Å². The van der Waals surface area contributed by atoms with Gasteiger partial charge in [0.2, 0.25) is 0 Å². The standard InChI is InChI=1S/C26H35N5O3/c1-17-12-21-23(27-14-17)22-20(15-31(29-22)19-6-9-28-25(2,3)13-19)26(34-21)7-10-30(11-8-26)24(32)33-16-18-4-5-18/h12,14-15,18-19,28H,4-11,13,16H2,1-3H3/t19-/m1/s1. The summed E-state index contributed by atoms with van der Waals surface area (Å²) in [7, 11) is 0. The van der Waals surface area contributed by atoms with Gasteiger partial charge in [-0.2, -0.15) is 5.10 Å². The van der Waals surface area contributed by atoms with Crippen molar-refractivity contribution in [2.75, 3.05) is 26.2 Å². The van der Waals surface area contributed by atoms with E-state index in [-0.39, 0.29) is 11.6 Å². The molecule has 1 N–H and O–H groups in total. The molecule has 4 aliphatic rings. The molecule has 2 aromatic rings. The third-order valence-electron chi connectivity index (χ3n) is 7.91. The first-order valence-electron chi connectivity index (χ1n) is 12.7. The van der Waals surface area contributed by atoms with Crippen LogP contribution in [0.15, 0.2) is 18.5 Å². The number of amides is 1. The van der Waals surface area contributed by atoms with Crippen LogP contribution in [0.3, 0.4) is 0 Å². The first kappa shape index (κ1) is 21.9. The average molecular weight is 466 g/mol. The SMILES string of the molecule is Cc1cnc2c(c1)OC1(CCN(C(=O)OCC3CC3)CC1)c1cn([C@@H]3CCNC(C)(C)C3)nc1-2. The van der Waals surface area contributed by atoms with E-state index in [1.165, 1.54) is 12.8 Å². The summed E-state index contributed by atoms with van der Waals surface area (Å²) < 4.78 is 14.4. The zero-order chi connectivity index (χ0) is 23.5. The summed E-state index contributed by atoms with van der Waals surface area (Å²) in [5.41, 5.74) is 3.53. The summed E-state index contributed by atoms with van der Waals surface area (Å²) in [4.78, 5) is 19.1. The van der Waals surface area contributed by atoms with Crippen molar-refractivity contribution in [3.05, 3.63) is 29.6 Å². The van der Waals surface area contributed by atoms with Crippen LogP contribution in [0.1, 0.15) is 69.5 Å². The molecule has 1 saturated carbocycles. The molecule has 0 radical (unpaired) electrons. The summed E-state index contributed by atoms with van der Waals surface area (Å²) in [5, 5.41) is 8.72. The molecule has 8 heteroatoms. The number of nitrogens with one attached hydrogen (secondary N) is 1. The number of likely N-dealkylation sites (tertiary alicyclic amines) is 1. The van der Waals surface area contributed by atoms with Gasteiger partial charge in [-0.15, -0.1) is 0 Å². The quantitative estimate of drug-likeness (QED) is 0.732. The van der Waals surface area contributed by atoms with Crippen molar-refractivity contribution in [2.24, 2.45) is 5.92 Å². The lowest BCUT2D eigenvalue weighted by Crippen LogP contribution is -2.49. The van der Waals surface area contributed by atoms with Crippen LogP contribution in [0, 0.1) is 12.8 Å². The molecule has 5 heterocycles. The maximum Gasteiger partial charge on any atom is 0.409 e. The molecular formula is C26H35N5O3. The van der Waals surface area contributed by atoms with Crippen molar-refractivity contribution < 1.29 is 14.3 Å². The number of nitrogens with zero attached hydrogens (tertiary/aromatic N) is 4. The Morgan fingerprint density at radius 1 is 1.24 bits per heavy atom. The molecule has 1 aliphatic carbocycles. The van der Waals surface area contributed by atoms with Gasteiger partial charge in [0.1, 0.15) is 22.7 Å². The Balaban J connectivity index is 1.30. The number of pyridine rings is 1. The lowest BCUT2D eigenvalue weighted by atomic mass is 9.82. The highest BCUT2D eigenvalue weighted by Crippen LogP contribution is 2.49. The molecule has 182 valence electrons. The van der Waals surface area contributed by atoms with Crippen LogP contribution in [-0.2, 0) is 10.3 Å². The predicted octanol–water partition coefficient (Wildman–Crippen LogP) is 4.19. The molecule has 34 heavy (non-hydrogen) atoms. The van der Waals surface area contributed by atoms with Crippen LogP contribution in [0.2, 0.25) is 0 Å². The van der Waals surface area contributed by atoms with Gasteiger partial charge in [-0.3, -0.25) is 9.67 Å². The Morgan fingerprint density at radius 2 is 2.03 bits per heavy atom. The Kier molecular flexibility index (Phi) is 5.13. The van der Waals surface area contributed by atoms with Gasteiger partial charge < -0.3 is 19.7 Å². The molecule has 0 bridgehead atoms. The minimum atomic E-state index is -0.494. The van der Waals surface area contributed by atoms with Crippen LogP contribution >= 0.6 is 0 Å². The highest BCUT2D eigenvalue weighted by Gasteiger charge is 2.47. The minimum absolute atomic E-state index is 0.0863. The Bertz CT molecular complexity index is 1100. The van der Waals surface area contributed by atoms with Gasteiger partial charge in [0.15, 0.2) is 0 Å². The average Bonchev–Trinajstić information content (AvgIpc) is 3.52. The number of hydrogen-bond donors (Lipinski definition) is 1. The zero-order valence-electron chi connectivity index (χ0n) is 20.5. The number of aromatic nitrogens is 3. The van der Waals surface area contributed by atoms with Gasteiger partial charge in [-0.05, 0) is 70.5 Å². The van der Waals surface area contributed by atoms with Crippen molar-refractivity contribution in [3.63, 3.8) is 0 Å². The molecule has 0 aromatic carbocycles. The first-order chi connectivity index (χ1) is 16.3. The third kappa shape index (κ3) is 3.96. The van der Waals surface area contributed by atoms with E-state index in [0.717, 1.165) is 60.5 Å². The van der Waals surface area contributed by atoms with Crippen LogP contribution < -0.4 is 10.1 Å². The van der Waals surface area contributed by atoms with E-state index in [9.17, 15) is 4.79 Å². The van der Waals surface area contributed by atoms with Crippen molar-refractivity contribution in [1.82, 2.24) is 25.0 Å². The van der Waals surface area contributed by atoms with E-state index in [0.29, 0.717) is 31.7 Å². The summed E-state index contributed by atoms with van der Waals surface area (Å²) in [5.74, 6) is 1.37. The van der Waals surface area contributed by atoms with Crippen molar-refractivity contribution in [2.45, 2.75) is 76.5 Å². The number of rotatable bonds is 3. The second kappa shape index (κ2) is 7.97. The highest BCUT2D eigenvalue weighted by atomic mass is 16.6. The van der Waals surface area contributed by atoms with E-state index >= 15 is 0 Å². The fourth-order valence-electron chi connectivity index (χ4n) is 5.70. The van der Waals surface area contributed by atoms with Crippen LogP contribution in [0.4, 0.5) is 4.79 Å². The molecule has 0 unspecified atom stereocenters. The predicted molar refractivity (Wildman–Crippen MR) is 128 cm³/mol. The maximum atomic E-state index is 12.6. The van der Waals surface area contributed by atoms with Gasteiger partial charge in [-0.1, -0.05) is 0 Å². The third-order valence-corrected chi connectivity index (χ3v) is 7.91. The Hall–Kier alpha value is -2.61. The molecule has 2 saturated heterocycles. The summed E-state index contributed by atoms with van der Waals surface area (Å²) in [6.45, 7) is 9.31. The first-order valence-corrected chi connectivity index (χ1v) is 12.7. The minimum Gasteiger partial charge on any atom is -0.480 e. The van der Waals surface area contributed by atoms with E-state index in [1.807, 2.05) is 18.0 Å². The highest BCUT2D eigenvalue weighted by molar-refractivity contribution is 5.71. The molecule has 3 fully saturated rings. The molecule has 1 amide bonds. The number of aryl methyl sites for hydroxylation is 1. The second-order valence-corrected chi connectivity index (χ2v) is 11.3. The summed E-state index contributed by atoms with van der Waals surface area (Å²) >= 11 is 0. The molecule has 1 spiro atoms. The zero-order valence-corrected chi connectivity index (χ0v) is 20.5. The van der Waals surface area contributed by atoms with Gasteiger partial charge in [0.25, 0.3) is 0 Å². The molecule has 3 aliphatic heterocycles. The lowest BCUT2D eigenvalue weighted by Gasteiger charge is -2.43. The van der Waals surface area contributed by atoms with Crippen LogP contribution in [-0.4, -0.2) is 57.5 Å². The number of hydrogen-bond acceptors (Lipinski definition) is 6. The van der Waals surface area contributed by atoms with E-state index < -0.39 is 5.60 Å². The maximum absolute atomic E-state index is 12.6. The Labute approximate surface area is 201 Å². The number of fused-ring (bicyclic) bond motifs is 4. The molecular weight excluding hydrogens is 430 g/mol. The van der Waals surface area contributed by atoms with Crippen molar-refractivity contribution >= 4 is 6.09 Å². The number of ether oxygens (including phenoxy) is 2. The van der Waals surface area contributed by atoms with Gasteiger partial charge in [-0.25, -0.2) is 4.79 Å².